The Morgan fingerprint density at radius 3 is 2.40 bits per heavy atom. The Labute approximate surface area is 123 Å². The molecule has 1 fully saturated rings. The van der Waals surface area contributed by atoms with Gasteiger partial charge in [0.2, 0.25) is 0 Å². The van der Waals surface area contributed by atoms with E-state index in [1.54, 1.807) is 7.11 Å². The zero-order valence-corrected chi connectivity index (χ0v) is 13.1. The highest BCUT2D eigenvalue weighted by molar-refractivity contribution is 5.29. The Morgan fingerprint density at radius 2 is 1.95 bits per heavy atom. The fourth-order valence-corrected chi connectivity index (χ4v) is 2.99. The molecule has 3 nitrogen and oxygen atoms in total. The zero-order valence-electron chi connectivity index (χ0n) is 13.1. The predicted octanol–water partition coefficient (Wildman–Crippen LogP) is 3.22. The summed E-state index contributed by atoms with van der Waals surface area (Å²) in [5, 5.41) is 3.52. The molecule has 0 bridgehead atoms. The van der Waals surface area contributed by atoms with Crippen LogP contribution in [0.2, 0.25) is 0 Å². The summed E-state index contributed by atoms with van der Waals surface area (Å²) in [6, 6.07) is 9.80. The lowest BCUT2D eigenvalue weighted by Gasteiger charge is -2.42. The van der Waals surface area contributed by atoms with Gasteiger partial charge in [-0.1, -0.05) is 32.4 Å². The van der Waals surface area contributed by atoms with Crippen molar-refractivity contribution in [2.24, 2.45) is 0 Å². The number of nitrogens with one attached hydrogen (secondary N) is 1. The van der Waals surface area contributed by atoms with Gasteiger partial charge in [0.05, 0.1) is 7.11 Å². The van der Waals surface area contributed by atoms with Crippen molar-refractivity contribution in [1.82, 2.24) is 10.2 Å². The second-order valence-electron chi connectivity index (χ2n) is 5.51. The number of rotatable bonds is 8. The van der Waals surface area contributed by atoms with Gasteiger partial charge >= 0.3 is 0 Å². The highest BCUT2D eigenvalue weighted by Crippen LogP contribution is 2.32. The molecule has 1 aromatic rings. The Morgan fingerprint density at radius 1 is 1.25 bits per heavy atom. The van der Waals surface area contributed by atoms with Crippen molar-refractivity contribution in [2.75, 3.05) is 26.7 Å². The summed E-state index contributed by atoms with van der Waals surface area (Å²) in [5.74, 6) is 0.933. The van der Waals surface area contributed by atoms with Crippen LogP contribution in [0.4, 0.5) is 0 Å². The maximum atomic E-state index is 5.27. The summed E-state index contributed by atoms with van der Waals surface area (Å²) in [5.41, 5.74) is 1.39. The summed E-state index contributed by atoms with van der Waals surface area (Å²) in [6.45, 7) is 7.61. The van der Waals surface area contributed by atoms with E-state index in [1.165, 1.54) is 24.8 Å². The number of hydrogen-bond donors (Lipinski definition) is 1. The fourth-order valence-electron chi connectivity index (χ4n) is 2.99. The highest BCUT2D eigenvalue weighted by Gasteiger charge is 2.29. The van der Waals surface area contributed by atoms with E-state index in [9.17, 15) is 0 Å². The largest absolute Gasteiger partial charge is 0.497 e. The Bertz CT molecular complexity index is 386. The van der Waals surface area contributed by atoms with E-state index in [-0.39, 0.29) is 0 Å². The van der Waals surface area contributed by atoms with Crippen molar-refractivity contribution in [3.05, 3.63) is 29.8 Å². The van der Waals surface area contributed by atoms with E-state index in [1.807, 2.05) is 0 Å². The van der Waals surface area contributed by atoms with E-state index < -0.39 is 0 Å². The van der Waals surface area contributed by atoms with Crippen molar-refractivity contribution in [3.8, 4) is 5.75 Å². The maximum Gasteiger partial charge on any atom is 0.118 e. The van der Waals surface area contributed by atoms with Crippen LogP contribution in [0.3, 0.4) is 0 Å². The Kier molecular flexibility index (Phi) is 5.86. The molecule has 20 heavy (non-hydrogen) atoms. The Hall–Kier alpha value is -1.06. The molecule has 0 radical (unpaired) electrons. The average molecular weight is 276 g/mol. The second-order valence-corrected chi connectivity index (χ2v) is 5.51. The summed E-state index contributed by atoms with van der Waals surface area (Å²) in [6.07, 6.45) is 4.09. The number of likely N-dealkylation sites (N-methyl/N-ethyl adjacent to an activating group) is 2. The molecule has 1 saturated carbocycles. The molecule has 1 unspecified atom stereocenters. The van der Waals surface area contributed by atoms with Crippen LogP contribution in [0, 0.1) is 0 Å². The molecular weight excluding hydrogens is 248 g/mol. The van der Waals surface area contributed by atoms with Gasteiger partial charge in [0.15, 0.2) is 0 Å². The first-order valence-electron chi connectivity index (χ1n) is 7.90. The van der Waals surface area contributed by atoms with E-state index >= 15 is 0 Å². The number of hydrogen-bond acceptors (Lipinski definition) is 3. The third-order valence-electron chi connectivity index (χ3n) is 4.40. The molecule has 1 aliphatic rings. The van der Waals surface area contributed by atoms with Crippen LogP contribution >= 0.6 is 0 Å². The third kappa shape index (κ3) is 3.53. The fraction of sp³-hybridized carbons (Fsp3) is 0.647. The SMILES string of the molecule is CCNCC(c1ccc(OC)cc1)N(CC)C1CCC1. The third-order valence-corrected chi connectivity index (χ3v) is 4.40. The van der Waals surface area contributed by atoms with Gasteiger partial charge in [-0.25, -0.2) is 0 Å². The summed E-state index contributed by atoms with van der Waals surface area (Å²) < 4.78 is 5.27. The van der Waals surface area contributed by atoms with Crippen LogP contribution in [0.1, 0.15) is 44.7 Å². The topological polar surface area (TPSA) is 24.5 Å². The smallest absolute Gasteiger partial charge is 0.118 e. The molecule has 112 valence electrons. The standard InChI is InChI=1S/C17H28N2O/c1-4-18-13-17(19(5-2)15-7-6-8-15)14-9-11-16(20-3)12-10-14/h9-12,15,17-18H,4-8,13H2,1-3H3. The van der Waals surface area contributed by atoms with E-state index in [0.29, 0.717) is 6.04 Å². The van der Waals surface area contributed by atoms with E-state index in [4.69, 9.17) is 4.74 Å². The summed E-state index contributed by atoms with van der Waals surface area (Å²) in [4.78, 5) is 2.66. The van der Waals surface area contributed by atoms with Gasteiger partial charge in [0.25, 0.3) is 0 Å². The first-order chi connectivity index (χ1) is 9.80. The van der Waals surface area contributed by atoms with Gasteiger partial charge in [-0.05, 0) is 43.6 Å². The van der Waals surface area contributed by atoms with Crippen LogP contribution in [-0.2, 0) is 0 Å². The molecule has 0 spiro atoms. The van der Waals surface area contributed by atoms with Crippen molar-refractivity contribution in [2.45, 2.75) is 45.2 Å². The molecule has 0 saturated heterocycles. The van der Waals surface area contributed by atoms with E-state index in [2.05, 4.69) is 48.3 Å². The molecule has 1 aliphatic carbocycles. The van der Waals surface area contributed by atoms with Gasteiger partial charge in [-0.15, -0.1) is 0 Å². The minimum Gasteiger partial charge on any atom is -0.497 e. The van der Waals surface area contributed by atoms with Crippen LogP contribution in [-0.4, -0.2) is 37.7 Å². The molecule has 0 aromatic heterocycles. The van der Waals surface area contributed by atoms with Crippen molar-refractivity contribution in [3.63, 3.8) is 0 Å². The van der Waals surface area contributed by atoms with Gasteiger partial charge in [0.1, 0.15) is 5.75 Å². The molecule has 1 atom stereocenters. The van der Waals surface area contributed by atoms with Gasteiger partial charge < -0.3 is 10.1 Å². The molecule has 0 heterocycles. The van der Waals surface area contributed by atoms with Crippen molar-refractivity contribution in [1.29, 1.82) is 0 Å². The number of methoxy groups -OCH3 is 1. The first kappa shape index (κ1) is 15.3. The second kappa shape index (κ2) is 7.65. The quantitative estimate of drug-likeness (QED) is 0.789. The molecule has 1 aromatic carbocycles. The number of ether oxygens (including phenoxy) is 1. The lowest BCUT2D eigenvalue weighted by molar-refractivity contribution is 0.0841. The molecule has 2 rings (SSSR count). The zero-order chi connectivity index (χ0) is 14.4. The highest BCUT2D eigenvalue weighted by atomic mass is 16.5. The number of nitrogens with zero attached hydrogens (tertiary/aromatic N) is 1. The van der Waals surface area contributed by atoms with Crippen molar-refractivity contribution < 1.29 is 4.74 Å². The summed E-state index contributed by atoms with van der Waals surface area (Å²) >= 11 is 0. The molecule has 1 N–H and O–H groups in total. The van der Waals surface area contributed by atoms with Crippen molar-refractivity contribution >= 4 is 0 Å². The van der Waals surface area contributed by atoms with Gasteiger partial charge in [-0.3, -0.25) is 4.90 Å². The molecular formula is C17H28N2O. The Balaban J connectivity index is 2.15. The lowest BCUT2D eigenvalue weighted by atomic mass is 9.89. The minimum absolute atomic E-state index is 0.469. The normalized spacial score (nSPS) is 17.0. The number of benzene rings is 1. The van der Waals surface area contributed by atoms with Crippen LogP contribution < -0.4 is 10.1 Å². The molecule has 0 aliphatic heterocycles. The predicted molar refractivity (Wildman–Crippen MR) is 84.3 cm³/mol. The summed E-state index contributed by atoms with van der Waals surface area (Å²) in [7, 11) is 1.72. The van der Waals surface area contributed by atoms with Gasteiger partial charge in [-0.2, -0.15) is 0 Å². The maximum absolute atomic E-state index is 5.27. The van der Waals surface area contributed by atoms with Gasteiger partial charge in [0, 0.05) is 18.6 Å². The van der Waals surface area contributed by atoms with Crippen LogP contribution in [0.15, 0.2) is 24.3 Å². The van der Waals surface area contributed by atoms with Crippen LogP contribution in [0.25, 0.3) is 0 Å². The molecule has 0 amide bonds. The average Bonchev–Trinajstić information content (AvgIpc) is 2.44. The first-order valence-corrected chi connectivity index (χ1v) is 7.90. The van der Waals surface area contributed by atoms with E-state index in [0.717, 1.165) is 31.4 Å². The van der Waals surface area contributed by atoms with Crippen LogP contribution in [0.5, 0.6) is 5.75 Å². The lowest BCUT2D eigenvalue weighted by Crippen LogP contribution is -2.45. The monoisotopic (exact) mass is 276 g/mol. The molecule has 3 heteroatoms. The minimum atomic E-state index is 0.469.